The van der Waals surface area contributed by atoms with Crippen molar-refractivity contribution >= 4 is 27.5 Å². The first kappa shape index (κ1) is 21.8. The summed E-state index contributed by atoms with van der Waals surface area (Å²) < 4.78 is 38.8. The molecule has 0 aromatic heterocycles. The topological polar surface area (TPSA) is 96.5 Å². The van der Waals surface area contributed by atoms with E-state index in [9.17, 15) is 18.0 Å². The molecule has 4 heterocycles. The standard InChI is InChI=1S/C22H29N3O6S/c26-20-6-3-17-15-18(32(28,29)24-9-1-2-10-24)4-5-19(17)25(20)16-21(27)23-11-7-22(8-12-23)30-13-14-31-22/h4-5,15H,1-3,6-14,16H2. The number of fused-ring (bicyclic) bond motifs is 1. The molecule has 9 nitrogen and oxygen atoms in total. The molecule has 0 saturated carbocycles. The third-order valence-electron chi connectivity index (χ3n) is 6.94. The smallest absolute Gasteiger partial charge is 0.243 e. The Morgan fingerprint density at radius 3 is 2.38 bits per heavy atom. The first-order chi connectivity index (χ1) is 15.4. The zero-order valence-corrected chi connectivity index (χ0v) is 18.9. The van der Waals surface area contributed by atoms with E-state index in [4.69, 9.17) is 9.47 Å². The highest BCUT2D eigenvalue weighted by Gasteiger charge is 2.41. The first-order valence-electron chi connectivity index (χ1n) is 11.4. The lowest BCUT2D eigenvalue weighted by Crippen LogP contribution is -2.51. The number of carbonyl (C=O) groups is 2. The third-order valence-corrected chi connectivity index (χ3v) is 8.83. The van der Waals surface area contributed by atoms with E-state index in [0.29, 0.717) is 64.3 Å². The van der Waals surface area contributed by atoms with Gasteiger partial charge in [-0.1, -0.05) is 0 Å². The van der Waals surface area contributed by atoms with Crippen LogP contribution in [0, 0.1) is 0 Å². The maximum atomic E-state index is 13.0. The van der Waals surface area contributed by atoms with E-state index < -0.39 is 15.8 Å². The number of anilines is 1. The molecule has 174 valence electrons. The Bertz CT molecular complexity index is 1000. The van der Waals surface area contributed by atoms with Gasteiger partial charge in [0.1, 0.15) is 6.54 Å². The summed E-state index contributed by atoms with van der Waals surface area (Å²) in [6.45, 7) is 3.28. The molecule has 1 aromatic carbocycles. The number of aryl methyl sites for hydroxylation is 1. The summed E-state index contributed by atoms with van der Waals surface area (Å²) >= 11 is 0. The van der Waals surface area contributed by atoms with E-state index in [1.165, 1.54) is 9.21 Å². The van der Waals surface area contributed by atoms with Gasteiger partial charge in [-0.05, 0) is 43.0 Å². The lowest BCUT2D eigenvalue weighted by Gasteiger charge is -2.38. The van der Waals surface area contributed by atoms with E-state index in [-0.39, 0.29) is 29.7 Å². The Morgan fingerprint density at radius 1 is 1.00 bits per heavy atom. The second-order valence-electron chi connectivity index (χ2n) is 8.87. The summed E-state index contributed by atoms with van der Waals surface area (Å²) in [4.78, 5) is 29.1. The van der Waals surface area contributed by atoms with Crippen LogP contribution in [0.15, 0.2) is 23.1 Å². The fourth-order valence-corrected chi connectivity index (χ4v) is 6.63. The van der Waals surface area contributed by atoms with E-state index in [1.807, 2.05) is 0 Å². The number of hydrogen-bond acceptors (Lipinski definition) is 6. The molecule has 10 heteroatoms. The van der Waals surface area contributed by atoms with Crippen LogP contribution >= 0.6 is 0 Å². The second kappa shape index (κ2) is 8.40. The minimum absolute atomic E-state index is 0.0429. The molecular weight excluding hydrogens is 434 g/mol. The Kier molecular flexibility index (Phi) is 5.73. The molecule has 3 saturated heterocycles. The summed E-state index contributed by atoms with van der Waals surface area (Å²) in [7, 11) is -3.52. The van der Waals surface area contributed by atoms with E-state index in [0.717, 1.165) is 18.4 Å². The first-order valence-corrected chi connectivity index (χ1v) is 12.8. The molecule has 32 heavy (non-hydrogen) atoms. The quantitative estimate of drug-likeness (QED) is 0.664. The van der Waals surface area contributed by atoms with Crippen LogP contribution in [-0.4, -0.2) is 81.2 Å². The Morgan fingerprint density at radius 2 is 1.69 bits per heavy atom. The van der Waals surface area contributed by atoms with Crippen molar-refractivity contribution in [1.29, 1.82) is 0 Å². The number of nitrogens with zero attached hydrogens (tertiary/aromatic N) is 3. The number of rotatable bonds is 4. The number of sulfonamides is 1. The highest BCUT2D eigenvalue weighted by Crippen LogP contribution is 2.33. The molecular formula is C22H29N3O6S. The van der Waals surface area contributed by atoms with Crippen molar-refractivity contribution in [3.05, 3.63) is 23.8 Å². The van der Waals surface area contributed by atoms with Gasteiger partial charge in [0.2, 0.25) is 21.8 Å². The highest BCUT2D eigenvalue weighted by atomic mass is 32.2. The van der Waals surface area contributed by atoms with E-state index in [2.05, 4.69) is 0 Å². The van der Waals surface area contributed by atoms with Gasteiger partial charge in [0.25, 0.3) is 0 Å². The third kappa shape index (κ3) is 3.93. The predicted molar refractivity (Wildman–Crippen MR) is 116 cm³/mol. The van der Waals surface area contributed by atoms with Crippen LogP contribution in [0.25, 0.3) is 0 Å². The molecule has 4 aliphatic heterocycles. The molecule has 5 rings (SSSR count). The maximum Gasteiger partial charge on any atom is 0.243 e. The summed E-state index contributed by atoms with van der Waals surface area (Å²) in [6, 6.07) is 4.91. The maximum absolute atomic E-state index is 13.0. The lowest BCUT2D eigenvalue weighted by atomic mass is 10.0. The summed E-state index contributed by atoms with van der Waals surface area (Å²) in [5.74, 6) is -0.786. The fraction of sp³-hybridized carbons (Fsp3) is 0.636. The van der Waals surface area contributed by atoms with Crippen LogP contribution in [0.3, 0.4) is 0 Å². The monoisotopic (exact) mass is 463 g/mol. The van der Waals surface area contributed by atoms with Crippen molar-refractivity contribution < 1.29 is 27.5 Å². The number of piperidine rings is 1. The van der Waals surface area contributed by atoms with Crippen LogP contribution in [-0.2, 0) is 35.5 Å². The Hall–Kier alpha value is -2.01. The van der Waals surface area contributed by atoms with Crippen molar-refractivity contribution in [2.45, 2.75) is 49.2 Å². The Balaban J connectivity index is 1.30. The van der Waals surface area contributed by atoms with Crippen LogP contribution in [0.4, 0.5) is 5.69 Å². The van der Waals surface area contributed by atoms with Gasteiger partial charge in [0, 0.05) is 51.1 Å². The lowest BCUT2D eigenvalue weighted by molar-refractivity contribution is -0.187. The van der Waals surface area contributed by atoms with Crippen molar-refractivity contribution in [2.75, 3.05) is 50.8 Å². The molecule has 0 bridgehead atoms. The normalized spacial score (nSPS) is 23.7. The molecule has 3 fully saturated rings. The molecule has 4 aliphatic rings. The van der Waals surface area contributed by atoms with Crippen molar-refractivity contribution in [2.24, 2.45) is 0 Å². The average Bonchev–Trinajstić information content (AvgIpc) is 3.49. The van der Waals surface area contributed by atoms with Gasteiger partial charge in [0.05, 0.1) is 18.1 Å². The molecule has 0 unspecified atom stereocenters. The van der Waals surface area contributed by atoms with Gasteiger partial charge >= 0.3 is 0 Å². The molecule has 2 amide bonds. The largest absolute Gasteiger partial charge is 0.347 e. The number of carbonyl (C=O) groups excluding carboxylic acids is 2. The van der Waals surface area contributed by atoms with E-state index in [1.54, 1.807) is 23.1 Å². The molecule has 0 N–H and O–H groups in total. The summed E-state index contributed by atoms with van der Waals surface area (Å²) in [5, 5.41) is 0. The van der Waals surface area contributed by atoms with Gasteiger partial charge in [-0.3, -0.25) is 9.59 Å². The molecule has 0 aliphatic carbocycles. The SMILES string of the molecule is O=C(CN1C(=O)CCc2cc(S(=O)(=O)N3CCCC3)ccc21)N1CCC2(CC1)OCCO2. The minimum Gasteiger partial charge on any atom is -0.347 e. The molecule has 1 aromatic rings. The van der Waals surface area contributed by atoms with Crippen molar-refractivity contribution in [1.82, 2.24) is 9.21 Å². The average molecular weight is 464 g/mol. The van der Waals surface area contributed by atoms with Crippen LogP contribution in [0.1, 0.15) is 37.7 Å². The number of amides is 2. The van der Waals surface area contributed by atoms with Crippen LogP contribution < -0.4 is 4.90 Å². The van der Waals surface area contributed by atoms with E-state index >= 15 is 0 Å². The van der Waals surface area contributed by atoms with Gasteiger partial charge in [-0.25, -0.2) is 8.42 Å². The van der Waals surface area contributed by atoms with Gasteiger partial charge in [-0.2, -0.15) is 4.31 Å². The number of likely N-dealkylation sites (tertiary alicyclic amines) is 1. The summed E-state index contributed by atoms with van der Waals surface area (Å²) in [5.41, 5.74) is 1.42. The number of ether oxygens (including phenoxy) is 2. The van der Waals surface area contributed by atoms with Gasteiger partial charge < -0.3 is 19.3 Å². The van der Waals surface area contributed by atoms with Crippen LogP contribution in [0.2, 0.25) is 0 Å². The minimum atomic E-state index is -3.52. The van der Waals surface area contributed by atoms with Crippen molar-refractivity contribution in [3.8, 4) is 0 Å². The number of hydrogen-bond donors (Lipinski definition) is 0. The predicted octanol–water partition coefficient (Wildman–Crippen LogP) is 1.12. The second-order valence-corrected chi connectivity index (χ2v) is 10.8. The fourth-order valence-electron chi connectivity index (χ4n) is 5.07. The number of benzene rings is 1. The van der Waals surface area contributed by atoms with Crippen molar-refractivity contribution in [3.63, 3.8) is 0 Å². The summed E-state index contributed by atoms with van der Waals surface area (Å²) in [6.07, 6.45) is 3.75. The zero-order chi connectivity index (χ0) is 22.3. The van der Waals surface area contributed by atoms with Gasteiger partial charge in [-0.15, -0.1) is 0 Å². The Labute approximate surface area is 188 Å². The van der Waals surface area contributed by atoms with Gasteiger partial charge in [0.15, 0.2) is 5.79 Å². The molecule has 1 spiro atoms. The molecule has 0 atom stereocenters. The zero-order valence-electron chi connectivity index (χ0n) is 18.1. The highest BCUT2D eigenvalue weighted by molar-refractivity contribution is 7.89. The van der Waals surface area contributed by atoms with Crippen LogP contribution in [0.5, 0.6) is 0 Å². The molecule has 0 radical (unpaired) electrons.